The highest BCUT2D eigenvalue weighted by molar-refractivity contribution is 5.70. The Hall–Kier alpha value is -1.31. The van der Waals surface area contributed by atoms with Crippen molar-refractivity contribution in [1.29, 1.82) is 0 Å². The van der Waals surface area contributed by atoms with Crippen molar-refractivity contribution < 1.29 is 4.79 Å². The summed E-state index contributed by atoms with van der Waals surface area (Å²) >= 11 is 0. The van der Waals surface area contributed by atoms with Crippen molar-refractivity contribution in [3.8, 4) is 0 Å². The predicted molar refractivity (Wildman–Crippen MR) is 63.6 cm³/mol. The molecule has 0 aliphatic rings. The van der Waals surface area contributed by atoms with Gasteiger partial charge in [-0.25, -0.2) is 0 Å². The van der Waals surface area contributed by atoms with Gasteiger partial charge in [0, 0.05) is 5.69 Å². The molecule has 0 radical (unpaired) electrons. The second-order valence-electron chi connectivity index (χ2n) is 2.13. The maximum absolute atomic E-state index is 9.95. The van der Waals surface area contributed by atoms with E-state index in [2.05, 4.69) is 5.32 Å². The number of aryl methyl sites for hydroxylation is 1. The Morgan fingerprint density at radius 1 is 1.00 bits per heavy atom. The second kappa shape index (κ2) is 11.7. The molecule has 1 rings (SSSR count). The average molecular weight is 195 g/mol. The maximum atomic E-state index is 9.95. The molecule has 0 aromatic heterocycles. The average Bonchev–Trinajstić information content (AvgIpc) is 2.28. The minimum atomic E-state index is 0.671. The van der Waals surface area contributed by atoms with Crippen LogP contribution in [0.4, 0.5) is 5.69 Å². The molecule has 1 aromatic rings. The molecule has 0 unspecified atom stereocenters. The first-order valence-electron chi connectivity index (χ1n) is 5.10. The number of amides is 1. The Labute approximate surface area is 87.3 Å². The first-order chi connectivity index (χ1) is 6.83. The molecule has 0 bridgehead atoms. The van der Waals surface area contributed by atoms with Crippen LogP contribution in [0.1, 0.15) is 33.3 Å². The molecule has 2 nitrogen and oxygen atoms in total. The fourth-order valence-corrected chi connectivity index (χ4v) is 0.718. The third-order valence-corrected chi connectivity index (χ3v) is 1.28. The summed E-state index contributed by atoms with van der Waals surface area (Å²) in [6, 6.07) is 7.63. The lowest BCUT2D eigenvalue weighted by Gasteiger charge is -1.96. The van der Waals surface area contributed by atoms with Gasteiger partial charge < -0.3 is 5.32 Å². The Morgan fingerprint density at radius 2 is 1.43 bits per heavy atom. The fourth-order valence-electron chi connectivity index (χ4n) is 0.718. The van der Waals surface area contributed by atoms with Gasteiger partial charge >= 0.3 is 0 Å². The number of anilines is 1. The lowest BCUT2D eigenvalue weighted by Crippen LogP contribution is -1.92. The molecule has 1 amide bonds. The van der Waals surface area contributed by atoms with Crippen LogP contribution in [-0.2, 0) is 4.79 Å². The van der Waals surface area contributed by atoms with Crippen LogP contribution < -0.4 is 5.32 Å². The Bertz CT molecular complexity index is 216. The Kier molecular flexibility index (Phi) is 12.7. The molecule has 1 N–H and O–H groups in total. The summed E-state index contributed by atoms with van der Waals surface area (Å²) in [4.78, 5) is 9.95. The number of hydrogen-bond donors (Lipinski definition) is 1. The van der Waals surface area contributed by atoms with E-state index in [0.717, 1.165) is 5.69 Å². The van der Waals surface area contributed by atoms with Crippen LogP contribution in [-0.4, -0.2) is 6.41 Å². The van der Waals surface area contributed by atoms with E-state index in [9.17, 15) is 4.79 Å². The van der Waals surface area contributed by atoms with Crippen molar-refractivity contribution >= 4 is 12.1 Å². The molecular formula is C12H21NO. The zero-order valence-corrected chi connectivity index (χ0v) is 9.79. The van der Waals surface area contributed by atoms with Gasteiger partial charge in [0.25, 0.3) is 0 Å². The zero-order chi connectivity index (χ0) is 11.4. The Balaban J connectivity index is 0. The molecule has 0 atom stereocenters. The lowest BCUT2D eigenvalue weighted by atomic mass is 10.2. The molecule has 2 heteroatoms. The van der Waals surface area contributed by atoms with Crippen LogP contribution in [0.15, 0.2) is 24.3 Å². The van der Waals surface area contributed by atoms with Crippen LogP contribution in [0.2, 0.25) is 0 Å². The summed E-state index contributed by atoms with van der Waals surface area (Å²) in [6.45, 7) is 10.0. The fraction of sp³-hybridized carbons (Fsp3) is 0.417. The first-order valence-corrected chi connectivity index (χ1v) is 5.10. The molecular weight excluding hydrogens is 174 g/mol. The molecule has 14 heavy (non-hydrogen) atoms. The van der Waals surface area contributed by atoms with E-state index in [1.807, 2.05) is 58.9 Å². The summed E-state index contributed by atoms with van der Waals surface area (Å²) in [5, 5.41) is 2.55. The third kappa shape index (κ3) is 7.35. The van der Waals surface area contributed by atoms with Crippen LogP contribution in [0.5, 0.6) is 0 Å². The highest BCUT2D eigenvalue weighted by atomic mass is 16.1. The van der Waals surface area contributed by atoms with E-state index in [1.165, 1.54) is 5.56 Å². The number of carbonyl (C=O) groups is 1. The second-order valence-corrected chi connectivity index (χ2v) is 2.13. The minimum absolute atomic E-state index is 0.671. The monoisotopic (exact) mass is 195 g/mol. The summed E-state index contributed by atoms with van der Waals surface area (Å²) in [7, 11) is 0. The van der Waals surface area contributed by atoms with Gasteiger partial charge in [-0.15, -0.1) is 0 Å². The molecule has 0 aliphatic heterocycles. The number of rotatable bonds is 2. The summed E-state index contributed by atoms with van der Waals surface area (Å²) in [5.74, 6) is 0. The van der Waals surface area contributed by atoms with Gasteiger partial charge in [-0.1, -0.05) is 45.4 Å². The van der Waals surface area contributed by atoms with Crippen LogP contribution in [0.25, 0.3) is 0 Å². The molecule has 0 saturated heterocycles. The van der Waals surface area contributed by atoms with Crippen molar-refractivity contribution in [3.05, 3.63) is 29.8 Å². The van der Waals surface area contributed by atoms with Gasteiger partial charge in [-0.05, 0) is 19.1 Å². The molecule has 0 saturated carbocycles. The van der Waals surface area contributed by atoms with E-state index >= 15 is 0 Å². The topological polar surface area (TPSA) is 29.1 Å². The predicted octanol–water partition coefficient (Wildman–Crippen LogP) is 3.62. The van der Waals surface area contributed by atoms with Gasteiger partial charge in [0.05, 0.1) is 0 Å². The summed E-state index contributed by atoms with van der Waals surface area (Å²) < 4.78 is 0. The van der Waals surface area contributed by atoms with Crippen molar-refractivity contribution in [3.63, 3.8) is 0 Å². The summed E-state index contributed by atoms with van der Waals surface area (Å²) in [5.41, 5.74) is 2.03. The third-order valence-electron chi connectivity index (χ3n) is 1.28. The van der Waals surface area contributed by atoms with E-state index in [4.69, 9.17) is 0 Å². The van der Waals surface area contributed by atoms with E-state index in [0.29, 0.717) is 6.41 Å². The van der Waals surface area contributed by atoms with Crippen LogP contribution in [0.3, 0.4) is 0 Å². The van der Waals surface area contributed by atoms with Gasteiger partial charge in [-0.2, -0.15) is 0 Å². The van der Waals surface area contributed by atoms with E-state index < -0.39 is 0 Å². The normalized spacial score (nSPS) is 7.21. The van der Waals surface area contributed by atoms with Crippen molar-refractivity contribution in [2.24, 2.45) is 0 Å². The molecule has 0 spiro atoms. The summed E-state index contributed by atoms with van der Waals surface area (Å²) in [6.07, 6.45) is 0.671. The van der Waals surface area contributed by atoms with Crippen molar-refractivity contribution in [2.75, 3.05) is 5.32 Å². The highest BCUT2D eigenvalue weighted by Crippen LogP contribution is 2.06. The number of benzene rings is 1. The number of carbonyl (C=O) groups excluding carboxylic acids is 1. The van der Waals surface area contributed by atoms with Crippen LogP contribution in [0, 0.1) is 6.92 Å². The van der Waals surface area contributed by atoms with Crippen molar-refractivity contribution in [2.45, 2.75) is 34.6 Å². The van der Waals surface area contributed by atoms with Crippen molar-refractivity contribution in [1.82, 2.24) is 0 Å². The van der Waals surface area contributed by atoms with Crippen LogP contribution >= 0.6 is 0 Å². The van der Waals surface area contributed by atoms with Gasteiger partial charge in [0.2, 0.25) is 6.41 Å². The number of hydrogen-bond acceptors (Lipinski definition) is 1. The van der Waals surface area contributed by atoms with Gasteiger partial charge in [-0.3, -0.25) is 4.79 Å². The molecule has 0 fully saturated rings. The lowest BCUT2D eigenvalue weighted by molar-refractivity contribution is -0.105. The number of nitrogens with one attached hydrogen (secondary N) is 1. The Morgan fingerprint density at radius 3 is 1.79 bits per heavy atom. The van der Waals surface area contributed by atoms with Gasteiger partial charge in [0.15, 0.2) is 0 Å². The smallest absolute Gasteiger partial charge is 0.211 e. The van der Waals surface area contributed by atoms with E-state index in [1.54, 1.807) is 0 Å². The standard InChI is InChI=1S/C8H9NO.2C2H6/c1-7-2-4-8(5-3-7)9-6-10;2*1-2/h2-6H,1H3,(H,9,10);2*1-2H3. The minimum Gasteiger partial charge on any atom is -0.329 e. The maximum Gasteiger partial charge on any atom is 0.211 e. The first kappa shape index (κ1) is 15.2. The molecule has 0 heterocycles. The van der Waals surface area contributed by atoms with Gasteiger partial charge in [0.1, 0.15) is 0 Å². The largest absolute Gasteiger partial charge is 0.329 e. The molecule has 0 aliphatic carbocycles. The zero-order valence-electron chi connectivity index (χ0n) is 9.79. The quantitative estimate of drug-likeness (QED) is 0.717. The molecule has 1 aromatic carbocycles. The molecule has 80 valence electrons. The van der Waals surface area contributed by atoms with E-state index in [-0.39, 0.29) is 0 Å². The highest BCUT2D eigenvalue weighted by Gasteiger charge is 1.86. The SMILES string of the molecule is CC.CC.Cc1ccc(NC=O)cc1.